The van der Waals surface area contributed by atoms with Gasteiger partial charge in [0.1, 0.15) is 17.6 Å². The van der Waals surface area contributed by atoms with E-state index in [0.717, 1.165) is 11.5 Å². The van der Waals surface area contributed by atoms with Crippen molar-refractivity contribution in [1.82, 2.24) is 19.5 Å². The smallest absolute Gasteiger partial charge is 0.236 e. The summed E-state index contributed by atoms with van der Waals surface area (Å²) in [5.41, 5.74) is 1.13. The van der Waals surface area contributed by atoms with Crippen LogP contribution in [0.4, 0.5) is 0 Å². The van der Waals surface area contributed by atoms with Crippen molar-refractivity contribution in [3.8, 4) is 12.0 Å². The molecule has 0 aromatic carbocycles. The zero-order valence-corrected chi connectivity index (χ0v) is 8.47. The van der Waals surface area contributed by atoms with Gasteiger partial charge in [-0.3, -0.25) is 4.57 Å². The Balaban J connectivity index is 2.59. The highest BCUT2D eigenvalue weighted by atomic mass is 15.2. The maximum Gasteiger partial charge on any atom is 0.236 e. The second-order valence-electron chi connectivity index (χ2n) is 3.15. The van der Waals surface area contributed by atoms with Gasteiger partial charge in [-0.1, -0.05) is 0 Å². The molecule has 0 saturated carbocycles. The molecule has 0 amide bonds. The molecule has 0 fully saturated rings. The molecule has 0 bridgehead atoms. The quantitative estimate of drug-likeness (QED) is 0.691. The summed E-state index contributed by atoms with van der Waals surface area (Å²) in [6.07, 6.45) is 3.44. The van der Waals surface area contributed by atoms with Crippen molar-refractivity contribution in [2.45, 2.75) is 13.8 Å². The van der Waals surface area contributed by atoms with Crippen LogP contribution in [-0.4, -0.2) is 19.5 Å². The van der Waals surface area contributed by atoms with Crippen LogP contribution in [-0.2, 0) is 0 Å². The molecule has 5 heteroatoms. The lowest BCUT2D eigenvalue weighted by Crippen LogP contribution is -2.04. The fourth-order valence-corrected chi connectivity index (χ4v) is 1.31. The summed E-state index contributed by atoms with van der Waals surface area (Å²) in [7, 11) is 0. The Morgan fingerprint density at radius 2 is 2.13 bits per heavy atom. The SMILES string of the molecule is Cc1cc(C#N)nc(-n2ccnc2C)n1. The number of nitrogens with zero attached hydrogens (tertiary/aromatic N) is 5. The molecule has 0 aliphatic heterocycles. The van der Waals surface area contributed by atoms with E-state index in [2.05, 4.69) is 15.0 Å². The maximum absolute atomic E-state index is 8.79. The monoisotopic (exact) mass is 199 g/mol. The summed E-state index contributed by atoms with van der Waals surface area (Å²) in [5, 5.41) is 8.79. The fourth-order valence-electron chi connectivity index (χ4n) is 1.31. The van der Waals surface area contributed by atoms with Crippen molar-refractivity contribution in [3.63, 3.8) is 0 Å². The van der Waals surface area contributed by atoms with E-state index in [0.29, 0.717) is 11.6 Å². The minimum atomic E-state index is 0.366. The third-order valence-electron chi connectivity index (χ3n) is 2.00. The molecule has 74 valence electrons. The molecule has 0 N–H and O–H groups in total. The largest absolute Gasteiger partial charge is 0.272 e. The van der Waals surface area contributed by atoms with Crippen LogP contribution >= 0.6 is 0 Å². The first-order valence-electron chi connectivity index (χ1n) is 4.47. The molecule has 2 heterocycles. The molecular formula is C10H9N5. The van der Waals surface area contributed by atoms with Gasteiger partial charge >= 0.3 is 0 Å². The fraction of sp³-hybridized carbons (Fsp3) is 0.200. The molecule has 0 unspecified atom stereocenters. The van der Waals surface area contributed by atoms with Gasteiger partial charge in [0, 0.05) is 18.1 Å². The van der Waals surface area contributed by atoms with E-state index in [9.17, 15) is 0 Å². The predicted molar refractivity (Wildman–Crippen MR) is 53.3 cm³/mol. The highest BCUT2D eigenvalue weighted by Gasteiger charge is 2.05. The van der Waals surface area contributed by atoms with Gasteiger partial charge in [0.25, 0.3) is 0 Å². The molecule has 0 spiro atoms. The Morgan fingerprint density at radius 3 is 2.73 bits per heavy atom. The van der Waals surface area contributed by atoms with Crippen molar-refractivity contribution in [2.75, 3.05) is 0 Å². The van der Waals surface area contributed by atoms with Gasteiger partial charge in [-0.05, 0) is 19.9 Å². The number of nitriles is 1. The maximum atomic E-state index is 8.79. The van der Waals surface area contributed by atoms with Gasteiger partial charge in [0.05, 0.1) is 0 Å². The van der Waals surface area contributed by atoms with E-state index >= 15 is 0 Å². The third-order valence-corrected chi connectivity index (χ3v) is 2.00. The molecule has 5 nitrogen and oxygen atoms in total. The Hall–Kier alpha value is -2.22. The highest BCUT2D eigenvalue weighted by Crippen LogP contribution is 2.06. The molecule has 2 aromatic heterocycles. The van der Waals surface area contributed by atoms with E-state index < -0.39 is 0 Å². The van der Waals surface area contributed by atoms with Gasteiger partial charge in [0.2, 0.25) is 5.95 Å². The van der Waals surface area contributed by atoms with Crippen molar-refractivity contribution in [1.29, 1.82) is 5.26 Å². The van der Waals surface area contributed by atoms with E-state index in [-0.39, 0.29) is 0 Å². The predicted octanol–water partition coefficient (Wildman–Crippen LogP) is 1.15. The van der Waals surface area contributed by atoms with E-state index in [1.807, 2.05) is 19.9 Å². The molecule has 2 rings (SSSR count). The minimum absolute atomic E-state index is 0.366. The summed E-state index contributed by atoms with van der Waals surface area (Å²) in [5.74, 6) is 1.28. The summed E-state index contributed by atoms with van der Waals surface area (Å²) in [4.78, 5) is 12.4. The van der Waals surface area contributed by atoms with Gasteiger partial charge < -0.3 is 0 Å². The van der Waals surface area contributed by atoms with Gasteiger partial charge in [0.15, 0.2) is 0 Å². The average molecular weight is 199 g/mol. The summed E-state index contributed by atoms with van der Waals surface area (Å²) in [6, 6.07) is 3.65. The molecule has 0 atom stereocenters. The highest BCUT2D eigenvalue weighted by molar-refractivity contribution is 5.27. The standard InChI is InChI=1S/C10H9N5/c1-7-5-9(6-11)14-10(13-7)15-4-3-12-8(15)2/h3-5H,1-2H3. The lowest BCUT2D eigenvalue weighted by atomic mass is 10.3. The zero-order valence-electron chi connectivity index (χ0n) is 8.47. The van der Waals surface area contributed by atoms with Crippen LogP contribution in [0.25, 0.3) is 5.95 Å². The number of imidazole rings is 1. The molecule has 0 aliphatic rings. The summed E-state index contributed by atoms with van der Waals surface area (Å²) < 4.78 is 1.74. The van der Waals surface area contributed by atoms with Crippen LogP contribution in [0.15, 0.2) is 18.5 Å². The molecule has 0 radical (unpaired) electrons. The van der Waals surface area contributed by atoms with Gasteiger partial charge in [-0.2, -0.15) is 5.26 Å². The van der Waals surface area contributed by atoms with Crippen LogP contribution in [0, 0.1) is 25.2 Å². The first kappa shape index (κ1) is 9.34. The number of hydrogen-bond acceptors (Lipinski definition) is 4. The molecule has 15 heavy (non-hydrogen) atoms. The summed E-state index contributed by atoms with van der Waals surface area (Å²) >= 11 is 0. The first-order chi connectivity index (χ1) is 7.20. The van der Waals surface area contributed by atoms with Crippen molar-refractivity contribution in [2.24, 2.45) is 0 Å². The van der Waals surface area contributed by atoms with E-state index in [1.54, 1.807) is 23.0 Å². The number of aromatic nitrogens is 4. The normalized spacial score (nSPS) is 9.93. The van der Waals surface area contributed by atoms with Crippen LogP contribution < -0.4 is 0 Å². The third kappa shape index (κ3) is 1.70. The second kappa shape index (κ2) is 3.50. The van der Waals surface area contributed by atoms with Gasteiger partial charge in [-0.25, -0.2) is 15.0 Å². The Kier molecular flexibility index (Phi) is 2.18. The average Bonchev–Trinajstić information content (AvgIpc) is 2.63. The van der Waals surface area contributed by atoms with Crippen LogP contribution in [0.1, 0.15) is 17.2 Å². The number of hydrogen-bond donors (Lipinski definition) is 0. The van der Waals surface area contributed by atoms with Crippen LogP contribution in [0.5, 0.6) is 0 Å². The first-order valence-corrected chi connectivity index (χ1v) is 4.47. The topological polar surface area (TPSA) is 67.4 Å². The van der Waals surface area contributed by atoms with Crippen molar-refractivity contribution in [3.05, 3.63) is 35.7 Å². The molecule has 0 saturated heterocycles. The lowest BCUT2D eigenvalue weighted by Gasteiger charge is -2.03. The lowest BCUT2D eigenvalue weighted by molar-refractivity contribution is 0.867. The van der Waals surface area contributed by atoms with Crippen molar-refractivity contribution >= 4 is 0 Å². The molecular weight excluding hydrogens is 190 g/mol. The van der Waals surface area contributed by atoms with E-state index in [1.165, 1.54) is 0 Å². The summed E-state index contributed by atoms with van der Waals surface area (Å²) in [6.45, 7) is 3.69. The Morgan fingerprint density at radius 1 is 1.33 bits per heavy atom. The zero-order chi connectivity index (χ0) is 10.8. The van der Waals surface area contributed by atoms with Gasteiger partial charge in [-0.15, -0.1) is 0 Å². The second-order valence-corrected chi connectivity index (χ2v) is 3.15. The van der Waals surface area contributed by atoms with Crippen molar-refractivity contribution < 1.29 is 0 Å². The number of aryl methyl sites for hydroxylation is 2. The Bertz CT molecular complexity index is 535. The van der Waals surface area contributed by atoms with E-state index in [4.69, 9.17) is 5.26 Å². The number of rotatable bonds is 1. The minimum Gasteiger partial charge on any atom is -0.272 e. The van der Waals surface area contributed by atoms with Crippen LogP contribution in [0.3, 0.4) is 0 Å². The van der Waals surface area contributed by atoms with Crippen LogP contribution in [0.2, 0.25) is 0 Å². The molecule has 0 aliphatic carbocycles. The Labute approximate surface area is 87.1 Å². The molecule has 2 aromatic rings.